The van der Waals surface area contributed by atoms with Gasteiger partial charge < -0.3 is 10.1 Å². The normalized spacial score (nSPS) is 10.8. The number of hydrogen-bond acceptors (Lipinski definition) is 4. The third kappa shape index (κ3) is 3.74. The lowest BCUT2D eigenvalue weighted by atomic mass is 10.4. The minimum Gasteiger partial charge on any atom is -0.385 e. The van der Waals surface area contributed by atoms with E-state index in [0.717, 1.165) is 36.8 Å². The highest BCUT2D eigenvalue weighted by Crippen LogP contribution is 2.16. The molecule has 0 saturated heterocycles. The molecule has 0 unspecified atom stereocenters. The van der Waals surface area contributed by atoms with Gasteiger partial charge in [-0.2, -0.15) is 0 Å². The van der Waals surface area contributed by atoms with Gasteiger partial charge in [0.2, 0.25) is 0 Å². The summed E-state index contributed by atoms with van der Waals surface area (Å²) < 4.78 is 4.97. The van der Waals surface area contributed by atoms with Crippen LogP contribution in [0.1, 0.15) is 22.0 Å². The monoisotopic (exact) mass is 214 g/mol. The van der Waals surface area contributed by atoms with Gasteiger partial charge in [-0.15, -0.1) is 11.3 Å². The average molecular weight is 214 g/mol. The second-order valence-electron chi connectivity index (χ2n) is 3.26. The van der Waals surface area contributed by atoms with Gasteiger partial charge in [-0.25, -0.2) is 4.98 Å². The second kappa shape index (κ2) is 6.11. The van der Waals surface area contributed by atoms with E-state index in [4.69, 9.17) is 4.74 Å². The molecule has 0 radical (unpaired) electrons. The molecular weight excluding hydrogens is 196 g/mol. The van der Waals surface area contributed by atoms with E-state index in [1.807, 2.05) is 6.92 Å². The fraction of sp³-hybridized carbons (Fsp3) is 0.700. The molecule has 0 fully saturated rings. The number of hydrogen-bond donors (Lipinski definition) is 1. The average Bonchev–Trinajstić information content (AvgIpc) is 2.45. The van der Waals surface area contributed by atoms with Crippen LogP contribution in [0.4, 0.5) is 0 Å². The van der Waals surface area contributed by atoms with Gasteiger partial charge in [0.15, 0.2) is 0 Å². The first-order chi connectivity index (χ1) is 6.74. The van der Waals surface area contributed by atoms with Gasteiger partial charge in [0.1, 0.15) is 0 Å². The largest absolute Gasteiger partial charge is 0.385 e. The van der Waals surface area contributed by atoms with Gasteiger partial charge in [0, 0.05) is 25.1 Å². The first-order valence-corrected chi connectivity index (χ1v) is 5.68. The van der Waals surface area contributed by atoms with Gasteiger partial charge >= 0.3 is 0 Å². The smallest absolute Gasteiger partial charge is 0.0900 e. The molecule has 0 bridgehead atoms. The van der Waals surface area contributed by atoms with E-state index < -0.39 is 0 Å². The lowest BCUT2D eigenvalue weighted by Gasteiger charge is -2.02. The maximum Gasteiger partial charge on any atom is 0.0900 e. The molecule has 1 N–H and O–H groups in total. The lowest BCUT2D eigenvalue weighted by Crippen LogP contribution is -2.15. The lowest BCUT2D eigenvalue weighted by molar-refractivity contribution is 0.194. The molecule has 0 amide bonds. The van der Waals surface area contributed by atoms with E-state index in [0.29, 0.717) is 0 Å². The van der Waals surface area contributed by atoms with Crippen LogP contribution < -0.4 is 5.32 Å². The van der Waals surface area contributed by atoms with Crippen LogP contribution in [-0.4, -0.2) is 25.2 Å². The topological polar surface area (TPSA) is 34.1 Å². The molecule has 14 heavy (non-hydrogen) atoms. The fourth-order valence-corrected chi connectivity index (χ4v) is 2.19. The molecule has 0 aliphatic rings. The maximum absolute atomic E-state index is 4.97. The maximum atomic E-state index is 4.97. The second-order valence-corrected chi connectivity index (χ2v) is 4.55. The standard InChI is InChI=1S/C10H18N2OS/c1-8-10(14-9(2)12-8)7-11-5-4-6-13-3/h11H,4-7H2,1-3H3. The van der Waals surface area contributed by atoms with Gasteiger partial charge in [0.05, 0.1) is 10.7 Å². The molecule has 0 saturated carbocycles. The van der Waals surface area contributed by atoms with Gasteiger partial charge in [-0.05, 0) is 26.8 Å². The van der Waals surface area contributed by atoms with Crippen LogP contribution in [0.15, 0.2) is 0 Å². The summed E-state index contributed by atoms with van der Waals surface area (Å²) in [6.45, 7) is 6.88. The van der Waals surface area contributed by atoms with Crippen molar-refractivity contribution in [1.82, 2.24) is 10.3 Å². The molecule has 0 spiro atoms. The number of aromatic nitrogens is 1. The zero-order valence-corrected chi connectivity index (χ0v) is 9.91. The summed E-state index contributed by atoms with van der Waals surface area (Å²) in [6, 6.07) is 0. The number of methoxy groups -OCH3 is 1. The summed E-state index contributed by atoms with van der Waals surface area (Å²) in [5, 5.41) is 4.53. The highest BCUT2D eigenvalue weighted by molar-refractivity contribution is 7.11. The molecule has 1 aromatic heterocycles. The molecule has 0 aliphatic heterocycles. The molecular formula is C10H18N2OS. The first kappa shape index (κ1) is 11.6. The van der Waals surface area contributed by atoms with Crippen molar-refractivity contribution in [3.8, 4) is 0 Å². The summed E-state index contributed by atoms with van der Waals surface area (Å²) >= 11 is 1.77. The van der Waals surface area contributed by atoms with E-state index in [1.165, 1.54) is 4.88 Å². The van der Waals surface area contributed by atoms with Gasteiger partial charge in [-0.3, -0.25) is 0 Å². The van der Waals surface area contributed by atoms with E-state index in [1.54, 1.807) is 18.4 Å². The molecule has 1 rings (SSSR count). The fourth-order valence-electron chi connectivity index (χ4n) is 1.28. The van der Waals surface area contributed by atoms with Crippen LogP contribution >= 0.6 is 11.3 Å². The predicted molar refractivity (Wildman–Crippen MR) is 59.8 cm³/mol. The van der Waals surface area contributed by atoms with Crippen LogP contribution in [0.25, 0.3) is 0 Å². The Labute approximate surface area is 89.5 Å². The zero-order valence-electron chi connectivity index (χ0n) is 9.09. The number of ether oxygens (including phenoxy) is 1. The SMILES string of the molecule is COCCCNCc1sc(C)nc1C. The third-order valence-electron chi connectivity index (χ3n) is 1.99. The summed E-state index contributed by atoms with van der Waals surface area (Å²) in [5.74, 6) is 0. The molecule has 0 aromatic carbocycles. The van der Waals surface area contributed by atoms with Crippen molar-refractivity contribution in [2.45, 2.75) is 26.8 Å². The number of nitrogens with one attached hydrogen (secondary N) is 1. The highest BCUT2D eigenvalue weighted by atomic mass is 32.1. The minimum absolute atomic E-state index is 0.827. The summed E-state index contributed by atoms with van der Waals surface area (Å²) in [5.41, 5.74) is 1.16. The molecule has 3 nitrogen and oxygen atoms in total. The third-order valence-corrected chi connectivity index (χ3v) is 3.06. The predicted octanol–water partition coefficient (Wildman–Crippen LogP) is 1.89. The Kier molecular flexibility index (Phi) is 5.07. The van der Waals surface area contributed by atoms with Crippen LogP contribution in [0.2, 0.25) is 0 Å². The Morgan fingerprint density at radius 1 is 1.43 bits per heavy atom. The van der Waals surface area contributed by atoms with Crippen molar-refractivity contribution in [3.05, 3.63) is 15.6 Å². The Morgan fingerprint density at radius 3 is 2.79 bits per heavy atom. The van der Waals surface area contributed by atoms with E-state index in [2.05, 4.69) is 17.2 Å². The number of nitrogens with zero attached hydrogens (tertiary/aromatic N) is 1. The van der Waals surface area contributed by atoms with Crippen molar-refractivity contribution in [1.29, 1.82) is 0 Å². The van der Waals surface area contributed by atoms with Crippen molar-refractivity contribution >= 4 is 11.3 Å². The van der Waals surface area contributed by atoms with E-state index >= 15 is 0 Å². The van der Waals surface area contributed by atoms with Crippen LogP contribution in [-0.2, 0) is 11.3 Å². The summed E-state index contributed by atoms with van der Waals surface area (Å²) in [4.78, 5) is 5.73. The Bertz CT molecular complexity index is 273. The van der Waals surface area contributed by atoms with Crippen molar-refractivity contribution in [3.63, 3.8) is 0 Å². The van der Waals surface area contributed by atoms with Crippen LogP contribution in [0.3, 0.4) is 0 Å². The van der Waals surface area contributed by atoms with Gasteiger partial charge in [-0.1, -0.05) is 0 Å². The quantitative estimate of drug-likeness (QED) is 0.734. The van der Waals surface area contributed by atoms with E-state index in [-0.39, 0.29) is 0 Å². The molecule has 80 valence electrons. The van der Waals surface area contributed by atoms with Crippen LogP contribution in [0, 0.1) is 13.8 Å². The molecule has 0 aliphatic carbocycles. The van der Waals surface area contributed by atoms with Gasteiger partial charge in [0.25, 0.3) is 0 Å². The number of aryl methyl sites for hydroxylation is 2. The summed E-state index contributed by atoms with van der Waals surface area (Å²) in [7, 11) is 1.73. The molecule has 1 heterocycles. The molecule has 0 atom stereocenters. The summed E-state index contributed by atoms with van der Waals surface area (Å²) in [6.07, 6.45) is 1.06. The van der Waals surface area contributed by atoms with Crippen molar-refractivity contribution in [2.75, 3.05) is 20.3 Å². The Hall–Kier alpha value is -0.450. The van der Waals surface area contributed by atoms with Crippen molar-refractivity contribution < 1.29 is 4.74 Å². The van der Waals surface area contributed by atoms with Crippen LogP contribution in [0.5, 0.6) is 0 Å². The molecule has 4 heteroatoms. The van der Waals surface area contributed by atoms with E-state index in [9.17, 15) is 0 Å². The first-order valence-electron chi connectivity index (χ1n) is 4.86. The number of thiazole rings is 1. The van der Waals surface area contributed by atoms with Crippen molar-refractivity contribution in [2.24, 2.45) is 0 Å². The minimum atomic E-state index is 0.827. The number of rotatable bonds is 6. The molecule has 1 aromatic rings. The Balaban J connectivity index is 2.21. The highest BCUT2D eigenvalue weighted by Gasteiger charge is 2.02. The zero-order chi connectivity index (χ0) is 10.4. The Morgan fingerprint density at radius 2 is 2.21 bits per heavy atom.